The van der Waals surface area contributed by atoms with E-state index in [0.29, 0.717) is 0 Å². The number of likely N-dealkylation sites (N-methyl/N-ethyl adjacent to an activating group) is 1. The number of nitrogens with zero attached hydrogens (tertiary/aromatic N) is 3. The van der Waals surface area contributed by atoms with Gasteiger partial charge in [0.1, 0.15) is 0 Å². The van der Waals surface area contributed by atoms with Crippen LogP contribution < -0.4 is 0 Å². The molecule has 122 valence electrons. The fourth-order valence-corrected chi connectivity index (χ4v) is 3.55. The third-order valence-electron chi connectivity index (χ3n) is 4.70. The fraction of sp³-hybridized carbons (Fsp3) is 0.450. The Morgan fingerprint density at radius 1 is 1.26 bits per heavy atom. The second kappa shape index (κ2) is 7.60. The molecule has 0 radical (unpaired) electrons. The molecule has 0 N–H and O–H groups in total. The van der Waals surface area contributed by atoms with Crippen molar-refractivity contribution in [2.75, 3.05) is 20.1 Å². The maximum Gasteiger partial charge on any atom is 0.0476 e. The largest absolute Gasteiger partial charge is 0.344 e. The molecule has 3 heteroatoms. The van der Waals surface area contributed by atoms with Crippen LogP contribution in [0.15, 0.2) is 59.7 Å². The van der Waals surface area contributed by atoms with Gasteiger partial charge in [-0.25, -0.2) is 0 Å². The molecule has 3 heterocycles. The predicted molar refractivity (Wildman–Crippen MR) is 95.7 cm³/mol. The second-order valence-electron chi connectivity index (χ2n) is 6.51. The van der Waals surface area contributed by atoms with Crippen LogP contribution in [-0.2, 0) is 6.54 Å². The third kappa shape index (κ3) is 3.91. The van der Waals surface area contributed by atoms with Crippen molar-refractivity contribution in [1.29, 1.82) is 0 Å². The summed E-state index contributed by atoms with van der Waals surface area (Å²) in [5.41, 5.74) is 5.99. The predicted octanol–water partition coefficient (Wildman–Crippen LogP) is 4.12. The van der Waals surface area contributed by atoms with E-state index in [9.17, 15) is 0 Å². The van der Waals surface area contributed by atoms with Crippen LogP contribution in [0.5, 0.6) is 0 Å². The smallest absolute Gasteiger partial charge is 0.0476 e. The Morgan fingerprint density at radius 2 is 2.09 bits per heavy atom. The average molecular weight is 309 g/mol. The van der Waals surface area contributed by atoms with Crippen molar-refractivity contribution >= 4 is 0 Å². The minimum absolute atomic E-state index is 0.965. The summed E-state index contributed by atoms with van der Waals surface area (Å²) in [5.74, 6) is 0. The van der Waals surface area contributed by atoms with Gasteiger partial charge >= 0.3 is 0 Å². The standard InChI is InChI=1S/C20H27N3/c1-3-4-5-7-19-14-18-16-22(2)13-6-8-20(18)23(19)15-17-9-11-21-12-10-17/h3-4,7,9-12H,5-6,8,13-16H2,1-2H3/b4-3-,19-7+. The molecule has 2 aliphatic heterocycles. The second-order valence-corrected chi connectivity index (χ2v) is 6.51. The summed E-state index contributed by atoms with van der Waals surface area (Å²) in [4.78, 5) is 9.17. The summed E-state index contributed by atoms with van der Waals surface area (Å²) >= 11 is 0. The molecule has 0 atom stereocenters. The van der Waals surface area contributed by atoms with E-state index < -0.39 is 0 Å². The van der Waals surface area contributed by atoms with Crippen molar-refractivity contribution in [2.24, 2.45) is 0 Å². The third-order valence-corrected chi connectivity index (χ3v) is 4.70. The summed E-state index contributed by atoms with van der Waals surface area (Å²) in [7, 11) is 2.24. The van der Waals surface area contributed by atoms with E-state index in [4.69, 9.17) is 0 Å². The van der Waals surface area contributed by atoms with Gasteiger partial charge in [-0.05, 0) is 63.0 Å². The van der Waals surface area contributed by atoms with Gasteiger partial charge in [0.15, 0.2) is 0 Å². The molecule has 23 heavy (non-hydrogen) atoms. The molecular formula is C20H27N3. The normalized spacial score (nSPS) is 21.3. The van der Waals surface area contributed by atoms with Gasteiger partial charge in [0.25, 0.3) is 0 Å². The maximum absolute atomic E-state index is 4.15. The van der Waals surface area contributed by atoms with E-state index in [-0.39, 0.29) is 0 Å². The van der Waals surface area contributed by atoms with E-state index in [0.717, 1.165) is 25.9 Å². The first-order valence-corrected chi connectivity index (χ1v) is 8.64. The molecule has 0 spiro atoms. The summed E-state index contributed by atoms with van der Waals surface area (Å²) in [6.07, 6.45) is 15.1. The van der Waals surface area contributed by atoms with Gasteiger partial charge in [0.05, 0.1) is 0 Å². The van der Waals surface area contributed by atoms with Crippen molar-refractivity contribution < 1.29 is 0 Å². The molecule has 2 aliphatic rings. The highest BCUT2D eigenvalue weighted by atomic mass is 15.2. The average Bonchev–Trinajstić information content (AvgIpc) is 2.75. The zero-order chi connectivity index (χ0) is 16.1. The van der Waals surface area contributed by atoms with Crippen molar-refractivity contribution in [1.82, 2.24) is 14.8 Å². The van der Waals surface area contributed by atoms with E-state index in [1.807, 2.05) is 12.4 Å². The minimum atomic E-state index is 0.965. The molecule has 0 fully saturated rings. The van der Waals surface area contributed by atoms with E-state index in [1.54, 1.807) is 11.3 Å². The van der Waals surface area contributed by atoms with Gasteiger partial charge in [-0.2, -0.15) is 0 Å². The lowest BCUT2D eigenvalue weighted by molar-refractivity contribution is 0.356. The first-order chi connectivity index (χ1) is 11.3. The number of aromatic nitrogens is 1. The van der Waals surface area contributed by atoms with Gasteiger partial charge < -0.3 is 9.80 Å². The summed E-state index contributed by atoms with van der Waals surface area (Å²) in [5, 5.41) is 0. The van der Waals surface area contributed by atoms with E-state index in [1.165, 1.54) is 30.6 Å². The van der Waals surface area contributed by atoms with Crippen LogP contribution in [0.2, 0.25) is 0 Å². The van der Waals surface area contributed by atoms with Crippen LogP contribution in [0.25, 0.3) is 0 Å². The highest BCUT2D eigenvalue weighted by Gasteiger charge is 2.28. The molecule has 1 aromatic rings. The first kappa shape index (κ1) is 16.0. The zero-order valence-corrected chi connectivity index (χ0v) is 14.3. The Labute approximate surface area is 140 Å². The number of allylic oxidation sites excluding steroid dienone is 5. The zero-order valence-electron chi connectivity index (χ0n) is 14.3. The van der Waals surface area contributed by atoms with Crippen LogP contribution in [0.1, 0.15) is 38.2 Å². The van der Waals surface area contributed by atoms with Crippen molar-refractivity contribution in [3.8, 4) is 0 Å². The minimum Gasteiger partial charge on any atom is -0.344 e. The summed E-state index contributed by atoms with van der Waals surface area (Å²) in [6, 6.07) is 4.26. The molecule has 3 rings (SSSR count). The number of pyridine rings is 1. The molecule has 0 saturated carbocycles. The van der Waals surface area contributed by atoms with Gasteiger partial charge in [0, 0.05) is 43.3 Å². The molecule has 0 aromatic carbocycles. The maximum atomic E-state index is 4.15. The SMILES string of the molecule is C/C=C\C/C=C1\CC2=C(CCCN(C)C2)N1Cc1ccncc1. The number of hydrogen-bond acceptors (Lipinski definition) is 3. The Bertz CT molecular complexity index is 613. The number of hydrogen-bond donors (Lipinski definition) is 0. The Morgan fingerprint density at radius 3 is 2.87 bits per heavy atom. The highest BCUT2D eigenvalue weighted by Crippen LogP contribution is 2.37. The van der Waals surface area contributed by atoms with Crippen molar-refractivity contribution in [3.05, 3.63) is 65.3 Å². The van der Waals surface area contributed by atoms with Gasteiger partial charge in [-0.15, -0.1) is 0 Å². The molecule has 0 bridgehead atoms. The van der Waals surface area contributed by atoms with Gasteiger partial charge in [-0.3, -0.25) is 4.98 Å². The van der Waals surface area contributed by atoms with Crippen LogP contribution in [-0.4, -0.2) is 34.9 Å². The molecule has 0 amide bonds. The molecule has 1 aromatic heterocycles. The molecular weight excluding hydrogens is 282 g/mol. The van der Waals surface area contributed by atoms with Gasteiger partial charge in [0.2, 0.25) is 0 Å². The quantitative estimate of drug-likeness (QED) is 0.780. The lowest BCUT2D eigenvalue weighted by Gasteiger charge is -2.25. The van der Waals surface area contributed by atoms with Crippen LogP contribution in [0.4, 0.5) is 0 Å². The van der Waals surface area contributed by atoms with Crippen molar-refractivity contribution in [2.45, 2.75) is 39.2 Å². The molecule has 0 saturated heterocycles. The lowest BCUT2D eigenvalue weighted by Crippen LogP contribution is -2.20. The van der Waals surface area contributed by atoms with Gasteiger partial charge in [-0.1, -0.05) is 18.2 Å². The fourth-order valence-electron chi connectivity index (χ4n) is 3.55. The highest BCUT2D eigenvalue weighted by molar-refractivity contribution is 5.34. The Kier molecular flexibility index (Phi) is 5.29. The lowest BCUT2D eigenvalue weighted by atomic mass is 10.1. The van der Waals surface area contributed by atoms with Crippen LogP contribution in [0, 0.1) is 0 Å². The monoisotopic (exact) mass is 309 g/mol. The van der Waals surface area contributed by atoms with E-state index >= 15 is 0 Å². The summed E-state index contributed by atoms with van der Waals surface area (Å²) < 4.78 is 0. The van der Waals surface area contributed by atoms with Crippen molar-refractivity contribution in [3.63, 3.8) is 0 Å². The Balaban J connectivity index is 1.86. The molecule has 0 aliphatic carbocycles. The molecule has 0 unspecified atom stereocenters. The summed E-state index contributed by atoms with van der Waals surface area (Å²) in [6.45, 7) is 5.37. The number of rotatable bonds is 4. The van der Waals surface area contributed by atoms with Crippen LogP contribution >= 0.6 is 0 Å². The van der Waals surface area contributed by atoms with E-state index in [2.05, 4.69) is 59.1 Å². The molecule has 3 nitrogen and oxygen atoms in total. The Hall–Kier alpha value is -1.87. The first-order valence-electron chi connectivity index (χ1n) is 8.64. The van der Waals surface area contributed by atoms with Crippen LogP contribution in [0.3, 0.4) is 0 Å². The topological polar surface area (TPSA) is 19.4 Å².